The van der Waals surface area contributed by atoms with Crippen LogP contribution in [0.3, 0.4) is 0 Å². The minimum absolute atomic E-state index is 0.668. The summed E-state index contributed by atoms with van der Waals surface area (Å²) in [6, 6.07) is 0.668. The van der Waals surface area contributed by atoms with Gasteiger partial charge in [0.1, 0.15) is 0 Å². The van der Waals surface area contributed by atoms with E-state index in [1.165, 1.54) is 26.2 Å². The molecule has 0 radical (unpaired) electrons. The predicted octanol–water partition coefficient (Wildman–Crippen LogP) is -0.158. The Balaban J connectivity index is 2.14. The fraction of sp³-hybridized carbons (Fsp3) is 1.00. The molecule has 3 heteroatoms. The molecule has 0 aromatic heterocycles. The van der Waals surface area contributed by atoms with Crippen LogP contribution in [0.2, 0.25) is 0 Å². The second-order valence-electron chi connectivity index (χ2n) is 3.96. The molecule has 1 aliphatic rings. The van der Waals surface area contributed by atoms with E-state index in [2.05, 4.69) is 36.1 Å². The van der Waals surface area contributed by atoms with Crippen LogP contribution in [0, 0.1) is 0 Å². The van der Waals surface area contributed by atoms with Gasteiger partial charge in [-0.15, -0.1) is 0 Å². The monoisotopic (exact) mass is 171 g/mol. The van der Waals surface area contributed by atoms with Crippen molar-refractivity contribution >= 4 is 0 Å². The molecule has 12 heavy (non-hydrogen) atoms. The average molecular weight is 171 g/mol. The second-order valence-corrected chi connectivity index (χ2v) is 3.96. The molecule has 1 atom stereocenters. The highest BCUT2D eigenvalue weighted by Crippen LogP contribution is 1.97. The first kappa shape index (κ1) is 9.96. The van der Waals surface area contributed by atoms with Gasteiger partial charge >= 0.3 is 0 Å². The Hall–Kier alpha value is -0.120. The van der Waals surface area contributed by atoms with Gasteiger partial charge < -0.3 is 10.2 Å². The van der Waals surface area contributed by atoms with E-state index < -0.39 is 0 Å². The molecule has 72 valence electrons. The lowest BCUT2D eigenvalue weighted by molar-refractivity contribution is 0.189. The Morgan fingerprint density at radius 3 is 2.83 bits per heavy atom. The molecule has 0 amide bonds. The Bertz CT molecular complexity index is 125. The predicted molar refractivity (Wildman–Crippen MR) is 52.5 cm³/mol. The number of nitrogens with one attached hydrogen (secondary N) is 1. The molecule has 1 heterocycles. The highest BCUT2D eigenvalue weighted by molar-refractivity contribution is 4.74. The first-order chi connectivity index (χ1) is 5.68. The topological polar surface area (TPSA) is 18.5 Å². The van der Waals surface area contributed by atoms with Gasteiger partial charge in [-0.1, -0.05) is 0 Å². The van der Waals surface area contributed by atoms with Crippen molar-refractivity contribution in [1.82, 2.24) is 15.1 Å². The van der Waals surface area contributed by atoms with Crippen LogP contribution in [0.25, 0.3) is 0 Å². The van der Waals surface area contributed by atoms with Crippen LogP contribution in [0.15, 0.2) is 0 Å². The molecule has 0 aromatic rings. The molecule has 0 aliphatic carbocycles. The van der Waals surface area contributed by atoms with Crippen molar-refractivity contribution in [2.24, 2.45) is 0 Å². The van der Waals surface area contributed by atoms with E-state index in [9.17, 15) is 0 Å². The van der Waals surface area contributed by atoms with E-state index in [1.54, 1.807) is 0 Å². The maximum atomic E-state index is 3.44. The zero-order valence-electron chi connectivity index (χ0n) is 8.51. The minimum atomic E-state index is 0.668. The number of piperazine rings is 1. The summed E-state index contributed by atoms with van der Waals surface area (Å²) in [5, 5.41) is 3.44. The van der Waals surface area contributed by atoms with Crippen molar-refractivity contribution in [1.29, 1.82) is 0 Å². The third-order valence-electron chi connectivity index (χ3n) is 2.32. The van der Waals surface area contributed by atoms with Gasteiger partial charge in [-0.3, -0.25) is 4.90 Å². The molecular weight excluding hydrogens is 150 g/mol. The lowest BCUT2D eigenvalue weighted by atomic mass is 10.2. The van der Waals surface area contributed by atoms with Crippen LogP contribution in [-0.2, 0) is 0 Å². The molecule has 1 N–H and O–H groups in total. The van der Waals surface area contributed by atoms with E-state index in [0.717, 1.165) is 6.54 Å². The Morgan fingerprint density at radius 2 is 2.25 bits per heavy atom. The summed E-state index contributed by atoms with van der Waals surface area (Å²) in [7, 11) is 4.26. The number of likely N-dealkylation sites (N-methyl/N-ethyl adjacent to an activating group) is 1. The largest absolute Gasteiger partial charge is 0.312 e. The summed E-state index contributed by atoms with van der Waals surface area (Å²) in [5.41, 5.74) is 0. The first-order valence-corrected chi connectivity index (χ1v) is 4.79. The van der Waals surface area contributed by atoms with Crippen molar-refractivity contribution < 1.29 is 0 Å². The van der Waals surface area contributed by atoms with Crippen LogP contribution in [-0.4, -0.2) is 62.7 Å². The molecule has 0 spiro atoms. The molecule has 1 unspecified atom stereocenters. The van der Waals surface area contributed by atoms with E-state index in [-0.39, 0.29) is 0 Å². The highest BCUT2D eigenvalue weighted by atomic mass is 15.2. The molecule has 3 nitrogen and oxygen atoms in total. The zero-order chi connectivity index (χ0) is 8.97. The molecule has 0 bridgehead atoms. The van der Waals surface area contributed by atoms with E-state index in [1.807, 2.05) is 0 Å². The fourth-order valence-corrected chi connectivity index (χ4v) is 1.56. The maximum absolute atomic E-state index is 3.44. The van der Waals surface area contributed by atoms with Gasteiger partial charge in [0.2, 0.25) is 0 Å². The Kier molecular flexibility index (Phi) is 3.98. The lowest BCUT2D eigenvalue weighted by Crippen LogP contribution is -2.50. The van der Waals surface area contributed by atoms with Crippen molar-refractivity contribution in [2.45, 2.75) is 13.0 Å². The van der Waals surface area contributed by atoms with Crippen molar-refractivity contribution in [2.75, 3.05) is 46.8 Å². The van der Waals surface area contributed by atoms with E-state index in [0.29, 0.717) is 6.04 Å². The van der Waals surface area contributed by atoms with Crippen LogP contribution < -0.4 is 5.32 Å². The number of hydrogen-bond donors (Lipinski definition) is 1. The smallest absolute Gasteiger partial charge is 0.0167 e. The number of hydrogen-bond acceptors (Lipinski definition) is 3. The second kappa shape index (κ2) is 4.80. The third-order valence-corrected chi connectivity index (χ3v) is 2.32. The standard InChI is InChI=1S/C9H21N3/c1-9-8-12(5-4-10-9)7-6-11(2)3/h9-10H,4-8H2,1-3H3. The maximum Gasteiger partial charge on any atom is 0.0167 e. The summed E-state index contributed by atoms with van der Waals surface area (Å²) >= 11 is 0. The van der Waals surface area contributed by atoms with Gasteiger partial charge in [-0.25, -0.2) is 0 Å². The number of nitrogens with zero attached hydrogens (tertiary/aromatic N) is 2. The van der Waals surface area contributed by atoms with Crippen LogP contribution in [0.4, 0.5) is 0 Å². The summed E-state index contributed by atoms with van der Waals surface area (Å²) < 4.78 is 0. The molecular formula is C9H21N3. The lowest BCUT2D eigenvalue weighted by Gasteiger charge is -2.32. The molecule has 1 fully saturated rings. The van der Waals surface area contributed by atoms with Crippen molar-refractivity contribution in [3.05, 3.63) is 0 Å². The molecule has 1 rings (SSSR count). The van der Waals surface area contributed by atoms with Gasteiger partial charge in [-0.2, -0.15) is 0 Å². The summed E-state index contributed by atoms with van der Waals surface area (Å²) in [6.07, 6.45) is 0. The van der Waals surface area contributed by atoms with Crippen LogP contribution >= 0.6 is 0 Å². The average Bonchev–Trinajstić information content (AvgIpc) is 2.01. The SMILES string of the molecule is CC1CN(CCN(C)C)CCN1. The van der Waals surface area contributed by atoms with E-state index >= 15 is 0 Å². The molecule has 1 aliphatic heterocycles. The fourth-order valence-electron chi connectivity index (χ4n) is 1.56. The molecule has 0 saturated carbocycles. The number of rotatable bonds is 3. The quantitative estimate of drug-likeness (QED) is 0.637. The third kappa shape index (κ3) is 3.52. The summed E-state index contributed by atoms with van der Waals surface area (Å²) in [5.74, 6) is 0. The van der Waals surface area contributed by atoms with Gasteiger partial charge in [0.15, 0.2) is 0 Å². The highest BCUT2D eigenvalue weighted by Gasteiger charge is 2.14. The van der Waals surface area contributed by atoms with Crippen molar-refractivity contribution in [3.8, 4) is 0 Å². The van der Waals surface area contributed by atoms with Gasteiger partial charge in [0.25, 0.3) is 0 Å². The Morgan fingerprint density at radius 1 is 1.50 bits per heavy atom. The first-order valence-electron chi connectivity index (χ1n) is 4.79. The molecule has 1 saturated heterocycles. The minimum Gasteiger partial charge on any atom is -0.312 e. The normalized spacial score (nSPS) is 26.5. The Labute approximate surface area is 75.7 Å². The van der Waals surface area contributed by atoms with Gasteiger partial charge in [-0.05, 0) is 21.0 Å². The zero-order valence-corrected chi connectivity index (χ0v) is 8.51. The van der Waals surface area contributed by atoms with Crippen LogP contribution in [0.1, 0.15) is 6.92 Å². The van der Waals surface area contributed by atoms with Gasteiger partial charge in [0.05, 0.1) is 0 Å². The van der Waals surface area contributed by atoms with E-state index in [4.69, 9.17) is 0 Å². The van der Waals surface area contributed by atoms with Gasteiger partial charge in [0, 0.05) is 38.8 Å². The van der Waals surface area contributed by atoms with Crippen molar-refractivity contribution in [3.63, 3.8) is 0 Å². The summed E-state index contributed by atoms with van der Waals surface area (Å²) in [6.45, 7) is 8.19. The van der Waals surface area contributed by atoms with Crippen LogP contribution in [0.5, 0.6) is 0 Å². The molecule has 0 aromatic carbocycles. The summed E-state index contributed by atoms with van der Waals surface area (Å²) in [4.78, 5) is 4.77.